The van der Waals surface area contributed by atoms with Gasteiger partial charge in [-0.1, -0.05) is 68.0 Å². The highest BCUT2D eigenvalue weighted by Gasteiger charge is 2.35. The van der Waals surface area contributed by atoms with Crippen molar-refractivity contribution in [2.24, 2.45) is 0 Å². The number of rotatable bonds is 14. The molecule has 0 bridgehead atoms. The smallest absolute Gasteiger partial charge is 0.261 e. The fraction of sp³-hybridized carbons (Fsp3) is 0.429. The Morgan fingerprint density at radius 1 is 0.558 bits per heavy atom. The van der Waals surface area contributed by atoms with Crippen molar-refractivity contribution in [3.8, 4) is 0 Å². The van der Waals surface area contributed by atoms with Crippen LogP contribution in [0.4, 0.5) is 0 Å². The second-order valence-corrected chi connectivity index (χ2v) is 18.9. The number of hydrogen-bond donors (Lipinski definition) is 0. The number of benzene rings is 3. The molecule has 0 saturated heterocycles. The zero-order valence-electron chi connectivity index (χ0n) is 26.0. The maximum Gasteiger partial charge on any atom is 0.261 e. The van der Waals surface area contributed by atoms with Crippen LogP contribution in [0.15, 0.2) is 60.7 Å². The van der Waals surface area contributed by atoms with E-state index in [1.165, 1.54) is 28.7 Å². The van der Waals surface area contributed by atoms with Crippen LogP contribution in [-0.2, 0) is 0 Å². The first-order valence-corrected chi connectivity index (χ1v) is 19.1. The molecule has 2 aliphatic heterocycles. The van der Waals surface area contributed by atoms with Gasteiger partial charge in [0, 0.05) is 44.1 Å². The first-order valence-electron chi connectivity index (χ1n) is 15.6. The van der Waals surface area contributed by atoms with Gasteiger partial charge in [-0.25, -0.2) is 0 Å². The van der Waals surface area contributed by atoms with E-state index >= 15 is 0 Å². The molecule has 4 amide bonds. The maximum absolute atomic E-state index is 13.2. The van der Waals surface area contributed by atoms with Crippen LogP contribution >= 0.6 is 0 Å². The van der Waals surface area contributed by atoms with Crippen molar-refractivity contribution >= 4 is 42.5 Å². The van der Waals surface area contributed by atoms with E-state index in [1.54, 1.807) is 12.1 Å². The second kappa shape index (κ2) is 12.5. The first kappa shape index (κ1) is 30.8. The van der Waals surface area contributed by atoms with Crippen molar-refractivity contribution in [3.63, 3.8) is 0 Å². The number of unbranched alkanes of at least 4 members (excludes halogenated alkanes) is 2. The van der Waals surface area contributed by atoms with E-state index in [4.69, 9.17) is 0 Å². The number of amides is 4. The number of carbonyl (C=O) groups is 4. The average Bonchev–Trinajstić information content (AvgIpc) is 3.22. The minimum Gasteiger partial charge on any atom is -0.328 e. The summed E-state index contributed by atoms with van der Waals surface area (Å²) in [5.74, 6) is -0.680. The number of carbonyl (C=O) groups excluding carboxylic acids is 4. The van der Waals surface area contributed by atoms with Gasteiger partial charge in [-0.15, -0.1) is 0 Å². The molecule has 3 aromatic rings. The predicted molar refractivity (Wildman–Crippen MR) is 173 cm³/mol. The fourth-order valence-electron chi connectivity index (χ4n) is 6.66. The Bertz CT molecular complexity index is 1480. The summed E-state index contributed by atoms with van der Waals surface area (Å²) < 4.78 is 0.865. The van der Waals surface area contributed by atoms with Crippen molar-refractivity contribution in [2.45, 2.75) is 57.3 Å². The minimum atomic E-state index is -1.41. The van der Waals surface area contributed by atoms with Gasteiger partial charge in [0.25, 0.3) is 23.6 Å². The summed E-state index contributed by atoms with van der Waals surface area (Å²) in [6.07, 6.45) is 5.17. The van der Waals surface area contributed by atoms with Gasteiger partial charge >= 0.3 is 0 Å². The Labute approximate surface area is 256 Å². The molecule has 0 aromatic heterocycles. The quantitative estimate of drug-likeness (QED) is 0.0923. The van der Waals surface area contributed by atoms with Gasteiger partial charge in [-0.05, 0) is 48.9 Å². The van der Waals surface area contributed by atoms with Gasteiger partial charge in [-0.3, -0.25) is 29.0 Å². The SMILES string of the molecule is C[N+](C)(CCCCC[Si](C)(C)CCCN1C(=O)c2ccccc2C1=O)CCCN1C(=O)c2cccc3cccc(c23)C1=O. The van der Waals surface area contributed by atoms with Gasteiger partial charge in [-0.2, -0.15) is 0 Å². The highest BCUT2D eigenvalue weighted by molar-refractivity contribution is 6.77. The first-order chi connectivity index (χ1) is 20.5. The highest BCUT2D eigenvalue weighted by Crippen LogP contribution is 2.30. The van der Waals surface area contributed by atoms with E-state index in [-0.39, 0.29) is 23.6 Å². The molecular weight excluding hydrogens is 554 g/mol. The van der Waals surface area contributed by atoms with Crippen molar-refractivity contribution in [3.05, 3.63) is 82.9 Å². The molecule has 0 radical (unpaired) electrons. The van der Waals surface area contributed by atoms with Crippen LogP contribution in [0.1, 0.15) is 73.5 Å². The molecule has 0 spiro atoms. The van der Waals surface area contributed by atoms with E-state index in [9.17, 15) is 19.2 Å². The van der Waals surface area contributed by atoms with Crippen molar-refractivity contribution in [1.82, 2.24) is 9.80 Å². The van der Waals surface area contributed by atoms with Crippen LogP contribution < -0.4 is 0 Å². The molecule has 0 aliphatic carbocycles. The summed E-state index contributed by atoms with van der Waals surface area (Å²) in [5.41, 5.74) is 2.30. The molecule has 2 aliphatic rings. The number of hydrogen-bond acceptors (Lipinski definition) is 4. The molecule has 43 heavy (non-hydrogen) atoms. The molecule has 8 heteroatoms. The Morgan fingerprint density at radius 2 is 1.02 bits per heavy atom. The Hall–Kier alpha value is -3.62. The normalized spacial score (nSPS) is 15.2. The zero-order chi connectivity index (χ0) is 30.8. The van der Waals surface area contributed by atoms with Crippen LogP contribution in [0, 0.1) is 0 Å². The molecule has 5 rings (SSSR count). The maximum atomic E-state index is 13.2. The molecule has 0 N–H and O–H groups in total. The Balaban J connectivity index is 0.998. The van der Waals surface area contributed by atoms with Crippen LogP contribution in [-0.4, -0.2) is 86.3 Å². The van der Waals surface area contributed by atoms with E-state index in [0.29, 0.717) is 35.3 Å². The lowest BCUT2D eigenvalue weighted by Gasteiger charge is -2.32. The third-order valence-corrected chi connectivity index (χ3v) is 12.6. The zero-order valence-corrected chi connectivity index (χ0v) is 27.0. The number of fused-ring (bicyclic) bond motifs is 1. The van der Waals surface area contributed by atoms with Crippen LogP contribution in [0.2, 0.25) is 25.2 Å². The number of nitrogens with zero attached hydrogens (tertiary/aromatic N) is 3. The van der Waals surface area contributed by atoms with Crippen LogP contribution in [0.25, 0.3) is 10.8 Å². The minimum absolute atomic E-state index is 0.155. The third-order valence-electron chi connectivity index (χ3n) is 9.23. The monoisotopic (exact) mass is 598 g/mol. The average molecular weight is 599 g/mol. The summed E-state index contributed by atoms with van der Waals surface area (Å²) >= 11 is 0. The van der Waals surface area contributed by atoms with Gasteiger partial charge in [0.15, 0.2) is 0 Å². The summed E-state index contributed by atoms with van der Waals surface area (Å²) in [6.45, 7) is 7.73. The third kappa shape index (κ3) is 6.65. The van der Waals surface area contributed by atoms with Crippen molar-refractivity contribution < 1.29 is 23.7 Å². The van der Waals surface area contributed by atoms with Gasteiger partial charge < -0.3 is 4.48 Å². The summed E-state index contributed by atoms with van der Waals surface area (Å²) in [4.78, 5) is 54.4. The molecule has 0 saturated carbocycles. The topological polar surface area (TPSA) is 74.8 Å². The van der Waals surface area contributed by atoms with Crippen molar-refractivity contribution in [2.75, 3.05) is 40.3 Å². The molecule has 7 nitrogen and oxygen atoms in total. The Morgan fingerprint density at radius 3 is 1.60 bits per heavy atom. The second-order valence-electron chi connectivity index (χ2n) is 13.6. The standard InChI is InChI=1S/C35H44N3O4Si/c1-38(2,23-12-20-36-34(41)29-18-10-14-26-15-11-19-30(31(26)29)35(36)42)22-8-5-9-24-43(3,4)25-13-21-37-32(39)27-16-6-7-17-28(27)33(37)40/h6-7,10-11,14-19H,5,8-9,12-13,20-25H2,1-4H3/q+1. The molecule has 0 fully saturated rings. The molecule has 3 aromatic carbocycles. The number of imide groups is 2. The van der Waals surface area contributed by atoms with Gasteiger partial charge in [0.2, 0.25) is 0 Å². The van der Waals surface area contributed by atoms with Crippen molar-refractivity contribution in [1.29, 1.82) is 0 Å². The Kier molecular flexibility index (Phi) is 8.99. The predicted octanol–water partition coefficient (Wildman–Crippen LogP) is 6.47. The van der Waals surface area contributed by atoms with E-state index in [2.05, 4.69) is 27.2 Å². The molecular formula is C35H44N3O4Si+. The summed E-state index contributed by atoms with van der Waals surface area (Å²) in [5, 5.41) is 1.71. The largest absolute Gasteiger partial charge is 0.328 e. The van der Waals surface area contributed by atoms with Gasteiger partial charge in [0.1, 0.15) is 0 Å². The molecule has 0 unspecified atom stereocenters. The van der Waals surface area contributed by atoms with Gasteiger partial charge in [0.05, 0.1) is 38.3 Å². The summed E-state index contributed by atoms with van der Waals surface area (Å²) in [7, 11) is 3.05. The van der Waals surface area contributed by atoms with Crippen LogP contribution in [0.3, 0.4) is 0 Å². The molecule has 2 heterocycles. The highest BCUT2D eigenvalue weighted by atomic mass is 28.3. The fourth-order valence-corrected chi connectivity index (χ4v) is 9.23. The number of quaternary nitrogens is 1. The van der Waals surface area contributed by atoms with Crippen LogP contribution in [0.5, 0.6) is 0 Å². The van der Waals surface area contributed by atoms with E-state index in [0.717, 1.165) is 53.7 Å². The van der Waals surface area contributed by atoms with E-state index < -0.39 is 8.07 Å². The lowest BCUT2D eigenvalue weighted by molar-refractivity contribution is -0.890. The summed E-state index contributed by atoms with van der Waals surface area (Å²) in [6, 6.07) is 20.8. The molecule has 226 valence electrons. The lowest BCUT2D eigenvalue weighted by Crippen LogP contribution is -2.45. The lowest BCUT2D eigenvalue weighted by atomic mass is 9.94. The molecule has 0 atom stereocenters. The van der Waals surface area contributed by atoms with E-state index in [1.807, 2.05) is 48.5 Å².